The average molecular weight is 279 g/mol. The summed E-state index contributed by atoms with van der Waals surface area (Å²) < 4.78 is 0. The molecule has 6 heteroatoms. The molecule has 0 spiro atoms. The Morgan fingerprint density at radius 3 is 2.43 bits per heavy atom. The van der Waals surface area contributed by atoms with Crippen LogP contribution in [0.2, 0.25) is 0 Å². The van der Waals surface area contributed by atoms with Crippen molar-refractivity contribution < 1.29 is 4.92 Å². The lowest BCUT2D eigenvalue weighted by atomic mass is 10.1. The van der Waals surface area contributed by atoms with Gasteiger partial charge in [-0.1, -0.05) is 18.2 Å². The fraction of sp³-hybridized carbons (Fsp3) is 0. The first kappa shape index (κ1) is 11.7. The second kappa shape index (κ2) is 3.92. The maximum absolute atomic E-state index is 12.6. The molecule has 0 saturated heterocycles. The number of nitrogens with zero attached hydrogens (tertiary/aromatic N) is 1. The normalized spacial score (nSPS) is 11.4. The molecule has 0 aliphatic rings. The molecular weight excluding hydrogens is 270 g/mol. The lowest BCUT2D eigenvalue weighted by Gasteiger charge is -1.99. The van der Waals surface area contributed by atoms with Gasteiger partial charge in [0, 0.05) is 23.0 Å². The largest absolute Gasteiger partial charge is 0.353 e. The number of rotatable bonds is 1. The van der Waals surface area contributed by atoms with Crippen LogP contribution >= 0.6 is 0 Å². The molecule has 0 radical (unpaired) electrons. The molecule has 0 aliphatic carbocycles. The van der Waals surface area contributed by atoms with E-state index in [1.807, 2.05) is 24.3 Å². The van der Waals surface area contributed by atoms with Crippen LogP contribution in [-0.2, 0) is 0 Å². The molecule has 2 N–H and O–H groups in total. The van der Waals surface area contributed by atoms with E-state index in [0.717, 1.165) is 16.4 Å². The van der Waals surface area contributed by atoms with E-state index in [0.29, 0.717) is 16.4 Å². The summed E-state index contributed by atoms with van der Waals surface area (Å²) in [4.78, 5) is 29.2. The highest BCUT2D eigenvalue weighted by Gasteiger charge is 2.13. The lowest BCUT2D eigenvalue weighted by molar-refractivity contribution is -0.384. The molecule has 0 unspecified atom stereocenters. The van der Waals surface area contributed by atoms with Gasteiger partial charge in [0.15, 0.2) is 0 Å². The summed E-state index contributed by atoms with van der Waals surface area (Å²) in [6, 6.07) is 11.8. The Balaban J connectivity index is 2.22. The number of hydrogen-bond acceptors (Lipinski definition) is 3. The highest BCUT2D eigenvalue weighted by molar-refractivity contribution is 6.08. The summed E-state index contributed by atoms with van der Waals surface area (Å²) >= 11 is 0. The number of benzene rings is 2. The Kier molecular flexibility index (Phi) is 2.18. The summed E-state index contributed by atoms with van der Waals surface area (Å²) in [7, 11) is 0. The number of aromatic amines is 2. The zero-order valence-corrected chi connectivity index (χ0v) is 10.7. The van der Waals surface area contributed by atoms with Crippen molar-refractivity contribution in [2.24, 2.45) is 0 Å². The van der Waals surface area contributed by atoms with E-state index >= 15 is 0 Å². The SMILES string of the molecule is O=c1c2cc([N+](=O)[O-])ccc2[nH]c2c1[nH]c1ccccc12. The number of pyridine rings is 1. The molecule has 2 aromatic heterocycles. The van der Waals surface area contributed by atoms with E-state index in [2.05, 4.69) is 9.97 Å². The number of non-ortho nitro benzene ring substituents is 1. The molecule has 0 amide bonds. The fourth-order valence-electron chi connectivity index (χ4n) is 2.65. The van der Waals surface area contributed by atoms with Gasteiger partial charge in [-0.05, 0) is 12.1 Å². The number of hydrogen-bond donors (Lipinski definition) is 2. The standard InChI is InChI=1S/C15H9N3O3/c19-15-10-7-8(18(20)21)5-6-12(10)16-13-9-3-1-2-4-11(9)17-14(13)15/h1-7,17H,(H,16,19). The van der Waals surface area contributed by atoms with Gasteiger partial charge in [-0.25, -0.2) is 0 Å². The minimum Gasteiger partial charge on any atom is -0.353 e. The molecule has 0 fully saturated rings. The van der Waals surface area contributed by atoms with Crippen LogP contribution in [0.5, 0.6) is 0 Å². The lowest BCUT2D eigenvalue weighted by Crippen LogP contribution is -2.04. The second-order valence-corrected chi connectivity index (χ2v) is 4.86. The Morgan fingerprint density at radius 2 is 1.62 bits per heavy atom. The van der Waals surface area contributed by atoms with Crippen molar-refractivity contribution in [3.8, 4) is 0 Å². The Labute approximate surface area is 117 Å². The Bertz CT molecular complexity index is 1090. The van der Waals surface area contributed by atoms with Crippen LogP contribution in [0.4, 0.5) is 5.69 Å². The summed E-state index contributed by atoms with van der Waals surface area (Å²) in [6.07, 6.45) is 0. The van der Waals surface area contributed by atoms with Gasteiger partial charge in [0.25, 0.3) is 5.69 Å². The van der Waals surface area contributed by atoms with Crippen molar-refractivity contribution in [1.29, 1.82) is 0 Å². The summed E-state index contributed by atoms with van der Waals surface area (Å²) in [6.45, 7) is 0. The van der Waals surface area contributed by atoms with Crippen molar-refractivity contribution >= 4 is 38.5 Å². The topological polar surface area (TPSA) is 91.8 Å². The first-order valence-electron chi connectivity index (χ1n) is 6.36. The van der Waals surface area contributed by atoms with Crippen molar-refractivity contribution in [3.63, 3.8) is 0 Å². The van der Waals surface area contributed by atoms with Gasteiger partial charge in [-0.3, -0.25) is 14.9 Å². The summed E-state index contributed by atoms with van der Waals surface area (Å²) in [5, 5.41) is 12.1. The van der Waals surface area contributed by atoms with Crippen LogP contribution in [0.15, 0.2) is 47.3 Å². The average Bonchev–Trinajstić information content (AvgIpc) is 2.86. The van der Waals surface area contributed by atoms with Gasteiger partial charge in [0.1, 0.15) is 5.52 Å². The van der Waals surface area contributed by atoms with Crippen LogP contribution in [0, 0.1) is 10.1 Å². The molecule has 0 atom stereocenters. The number of aromatic nitrogens is 2. The number of nitro benzene ring substituents is 1. The van der Waals surface area contributed by atoms with E-state index in [1.165, 1.54) is 12.1 Å². The van der Waals surface area contributed by atoms with Gasteiger partial charge in [-0.2, -0.15) is 0 Å². The minimum atomic E-state index is -0.506. The second-order valence-electron chi connectivity index (χ2n) is 4.86. The van der Waals surface area contributed by atoms with Gasteiger partial charge in [-0.15, -0.1) is 0 Å². The number of nitrogens with one attached hydrogen (secondary N) is 2. The molecule has 6 nitrogen and oxygen atoms in total. The predicted molar refractivity (Wildman–Crippen MR) is 80.6 cm³/mol. The monoisotopic (exact) mass is 279 g/mol. The molecule has 2 heterocycles. The highest BCUT2D eigenvalue weighted by atomic mass is 16.6. The quantitative estimate of drug-likeness (QED) is 0.414. The van der Waals surface area contributed by atoms with Crippen LogP contribution in [0.25, 0.3) is 32.8 Å². The van der Waals surface area contributed by atoms with Crippen LogP contribution in [0.1, 0.15) is 0 Å². The molecular formula is C15H9N3O3. The molecule has 0 aliphatic heterocycles. The summed E-state index contributed by atoms with van der Waals surface area (Å²) in [5.74, 6) is 0. The molecule has 4 rings (SSSR count). The number of para-hydroxylation sites is 1. The van der Waals surface area contributed by atoms with E-state index in [-0.39, 0.29) is 11.1 Å². The van der Waals surface area contributed by atoms with Crippen LogP contribution in [0.3, 0.4) is 0 Å². The van der Waals surface area contributed by atoms with E-state index in [4.69, 9.17) is 0 Å². The maximum Gasteiger partial charge on any atom is 0.270 e. The van der Waals surface area contributed by atoms with E-state index in [9.17, 15) is 14.9 Å². The third-order valence-electron chi connectivity index (χ3n) is 3.65. The molecule has 2 aromatic carbocycles. The van der Waals surface area contributed by atoms with Gasteiger partial charge in [0.05, 0.1) is 21.3 Å². The fourth-order valence-corrected chi connectivity index (χ4v) is 2.65. The van der Waals surface area contributed by atoms with Crippen molar-refractivity contribution in [1.82, 2.24) is 9.97 Å². The Morgan fingerprint density at radius 1 is 0.905 bits per heavy atom. The van der Waals surface area contributed by atoms with E-state index in [1.54, 1.807) is 6.07 Å². The molecule has 0 bridgehead atoms. The number of H-pyrrole nitrogens is 2. The first-order chi connectivity index (χ1) is 10.1. The van der Waals surface area contributed by atoms with Gasteiger partial charge >= 0.3 is 0 Å². The van der Waals surface area contributed by atoms with Crippen molar-refractivity contribution in [2.45, 2.75) is 0 Å². The third kappa shape index (κ3) is 1.56. The van der Waals surface area contributed by atoms with Crippen molar-refractivity contribution in [2.75, 3.05) is 0 Å². The highest BCUT2D eigenvalue weighted by Crippen LogP contribution is 2.25. The minimum absolute atomic E-state index is 0.0940. The summed E-state index contributed by atoms with van der Waals surface area (Å²) in [5.41, 5.74) is 2.26. The first-order valence-corrected chi connectivity index (χ1v) is 6.36. The molecule has 21 heavy (non-hydrogen) atoms. The zero-order chi connectivity index (χ0) is 14.6. The number of fused-ring (bicyclic) bond motifs is 4. The zero-order valence-electron chi connectivity index (χ0n) is 10.7. The maximum atomic E-state index is 12.6. The molecule has 0 saturated carbocycles. The third-order valence-corrected chi connectivity index (χ3v) is 3.65. The predicted octanol–water partition coefficient (Wildman–Crippen LogP) is 3.07. The van der Waals surface area contributed by atoms with E-state index < -0.39 is 4.92 Å². The molecule has 102 valence electrons. The molecule has 4 aromatic rings. The van der Waals surface area contributed by atoms with Crippen molar-refractivity contribution in [3.05, 3.63) is 62.8 Å². The van der Waals surface area contributed by atoms with Crippen LogP contribution in [-0.4, -0.2) is 14.9 Å². The van der Waals surface area contributed by atoms with Gasteiger partial charge < -0.3 is 9.97 Å². The number of nitro groups is 1. The van der Waals surface area contributed by atoms with Crippen LogP contribution < -0.4 is 5.43 Å². The van der Waals surface area contributed by atoms with Gasteiger partial charge in [0.2, 0.25) is 5.43 Å². The Hall–Kier alpha value is -3.15. The smallest absolute Gasteiger partial charge is 0.270 e.